The second-order valence-corrected chi connectivity index (χ2v) is 7.93. The van der Waals surface area contributed by atoms with Crippen molar-refractivity contribution in [2.24, 2.45) is 5.41 Å². The third kappa shape index (κ3) is 2.26. The number of thiophene rings is 1. The average Bonchev–Trinajstić information content (AvgIpc) is 2.57. The number of halogens is 3. The number of alkyl halides is 2. The van der Waals surface area contributed by atoms with Crippen LogP contribution < -0.4 is 5.32 Å². The van der Waals surface area contributed by atoms with E-state index < -0.39 is 9.75 Å². The fourth-order valence-electron chi connectivity index (χ4n) is 1.46. The molecule has 1 unspecified atom stereocenters. The maximum Gasteiger partial charge on any atom is 0.229 e. The molecule has 1 heterocycles. The van der Waals surface area contributed by atoms with E-state index in [1.54, 1.807) is 18.3 Å². The normalized spacial score (nSPS) is 26.5. The maximum atomic E-state index is 11.8. The zero-order valence-corrected chi connectivity index (χ0v) is 12.4. The zero-order chi connectivity index (χ0) is 12.0. The lowest BCUT2D eigenvalue weighted by Crippen LogP contribution is -2.32. The van der Waals surface area contributed by atoms with Gasteiger partial charge in [0.1, 0.15) is 4.33 Å². The van der Waals surface area contributed by atoms with E-state index in [0.717, 1.165) is 9.35 Å². The molecule has 1 atom stereocenters. The highest BCUT2D eigenvalue weighted by atomic mass is 79.9. The number of rotatable bonds is 3. The lowest BCUT2D eigenvalue weighted by Gasteiger charge is -2.11. The zero-order valence-electron chi connectivity index (χ0n) is 8.52. The number of nitrogens with one attached hydrogen (secondary N) is 1. The third-order valence-corrected chi connectivity index (χ3v) is 5.49. The summed E-state index contributed by atoms with van der Waals surface area (Å²) in [6, 6.07) is 1.98. The molecule has 0 bridgehead atoms. The van der Waals surface area contributed by atoms with Gasteiger partial charge in [-0.25, -0.2) is 0 Å². The Morgan fingerprint density at radius 2 is 2.31 bits per heavy atom. The fourth-order valence-corrected chi connectivity index (χ4v) is 3.38. The van der Waals surface area contributed by atoms with Crippen molar-refractivity contribution in [3.63, 3.8) is 0 Å². The SMILES string of the molecule is CC1(C(=O)NCc2csc(Br)c2)CC1(Cl)Cl. The summed E-state index contributed by atoms with van der Waals surface area (Å²) in [5, 5.41) is 4.84. The van der Waals surface area contributed by atoms with Gasteiger partial charge in [-0.05, 0) is 46.3 Å². The number of hydrogen-bond acceptors (Lipinski definition) is 2. The van der Waals surface area contributed by atoms with Crippen LogP contribution in [0.25, 0.3) is 0 Å². The largest absolute Gasteiger partial charge is 0.351 e. The summed E-state index contributed by atoms with van der Waals surface area (Å²) >= 11 is 16.8. The summed E-state index contributed by atoms with van der Waals surface area (Å²) in [5.41, 5.74) is 0.438. The Balaban J connectivity index is 1.90. The van der Waals surface area contributed by atoms with Crippen molar-refractivity contribution in [1.29, 1.82) is 0 Å². The highest BCUT2D eigenvalue weighted by Gasteiger charge is 2.67. The monoisotopic (exact) mass is 341 g/mol. The van der Waals surface area contributed by atoms with E-state index >= 15 is 0 Å². The summed E-state index contributed by atoms with van der Waals surface area (Å²) in [5.74, 6) is -0.0835. The Morgan fingerprint density at radius 3 is 2.75 bits per heavy atom. The Hall–Kier alpha value is 0.230. The predicted octanol–water partition coefficient (Wildman–Crippen LogP) is 3.71. The number of amides is 1. The van der Waals surface area contributed by atoms with Crippen LogP contribution in [0.4, 0.5) is 0 Å². The van der Waals surface area contributed by atoms with Gasteiger partial charge in [-0.2, -0.15) is 0 Å². The molecule has 1 aromatic heterocycles. The first-order valence-electron chi connectivity index (χ1n) is 4.74. The summed E-state index contributed by atoms with van der Waals surface area (Å²) in [6.45, 7) is 2.30. The molecule has 0 aromatic carbocycles. The molecule has 1 aliphatic carbocycles. The molecule has 6 heteroatoms. The molecule has 88 valence electrons. The predicted molar refractivity (Wildman–Crippen MR) is 71.0 cm³/mol. The van der Waals surface area contributed by atoms with Gasteiger partial charge in [0.15, 0.2) is 0 Å². The number of carbonyl (C=O) groups excluding carboxylic acids is 1. The smallest absolute Gasteiger partial charge is 0.229 e. The van der Waals surface area contributed by atoms with E-state index in [4.69, 9.17) is 23.2 Å². The molecule has 1 fully saturated rings. The molecule has 0 spiro atoms. The molecular weight excluding hydrogens is 333 g/mol. The molecule has 1 N–H and O–H groups in total. The van der Waals surface area contributed by atoms with Gasteiger partial charge in [0.2, 0.25) is 5.91 Å². The van der Waals surface area contributed by atoms with Crippen LogP contribution in [-0.2, 0) is 11.3 Å². The van der Waals surface area contributed by atoms with E-state index in [2.05, 4.69) is 21.2 Å². The lowest BCUT2D eigenvalue weighted by molar-refractivity contribution is -0.125. The second kappa shape index (κ2) is 4.16. The van der Waals surface area contributed by atoms with Gasteiger partial charge in [0.05, 0.1) is 9.20 Å². The summed E-state index contributed by atoms with van der Waals surface area (Å²) < 4.78 is 0.158. The van der Waals surface area contributed by atoms with Crippen molar-refractivity contribution >= 4 is 56.4 Å². The molecule has 0 radical (unpaired) electrons. The molecule has 1 saturated carbocycles. The van der Waals surface area contributed by atoms with E-state index in [9.17, 15) is 4.79 Å². The standard InChI is InChI=1S/C10H10BrCl2NOS/c1-9(5-10(9,12)13)8(15)14-3-6-2-7(11)16-4-6/h2,4H,3,5H2,1H3,(H,14,15). The number of hydrogen-bond donors (Lipinski definition) is 1. The van der Waals surface area contributed by atoms with Crippen molar-refractivity contribution in [1.82, 2.24) is 5.32 Å². The molecule has 0 aliphatic heterocycles. The first-order chi connectivity index (χ1) is 7.35. The minimum atomic E-state index is -0.897. The molecule has 0 saturated heterocycles. The lowest BCUT2D eigenvalue weighted by atomic mass is 10.1. The van der Waals surface area contributed by atoms with Crippen LogP contribution in [0.15, 0.2) is 15.2 Å². The van der Waals surface area contributed by atoms with Crippen LogP contribution in [0, 0.1) is 5.41 Å². The second-order valence-electron chi connectivity index (χ2n) is 4.16. The molecule has 16 heavy (non-hydrogen) atoms. The topological polar surface area (TPSA) is 29.1 Å². The first-order valence-corrected chi connectivity index (χ1v) is 7.17. The maximum absolute atomic E-state index is 11.8. The Morgan fingerprint density at radius 1 is 1.69 bits per heavy atom. The number of carbonyl (C=O) groups is 1. The van der Waals surface area contributed by atoms with Gasteiger partial charge < -0.3 is 5.32 Å². The molecular formula is C10H10BrCl2NOS. The van der Waals surface area contributed by atoms with Gasteiger partial charge in [-0.3, -0.25) is 4.79 Å². The van der Waals surface area contributed by atoms with Crippen molar-refractivity contribution in [3.05, 3.63) is 20.8 Å². The summed E-state index contributed by atoms with van der Waals surface area (Å²) in [7, 11) is 0. The molecule has 2 rings (SSSR count). The van der Waals surface area contributed by atoms with Crippen molar-refractivity contribution in [3.8, 4) is 0 Å². The van der Waals surface area contributed by atoms with Gasteiger partial charge in [0, 0.05) is 6.54 Å². The minimum absolute atomic E-state index is 0.0835. The van der Waals surface area contributed by atoms with Crippen molar-refractivity contribution in [2.45, 2.75) is 24.2 Å². The van der Waals surface area contributed by atoms with Crippen LogP contribution in [0.5, 0.6) is 0 Å². The Kier molecular flexibility index (Phi) is 3.30. The Bertz CT molecular complexity index is 434. The summed E-state index contributed by atoms with van der Waals surface area (Å²) in [4.78, 5) is 11.8. The van der Waals surface area contributed by atoms with Gasteiger partial charge in [-0.15, -0.1) is 34.5 Å². The molecule has 2 nitrogen and oxygen atoms in total. The van der Waals surface area contributed by atoms with E-state index in [1.165, 1.54) is 0 Å². The van der Waals surface area contributed by atoms with Crippen LogP contribution in [0.1, 0.15) is 18.9 Å². The fraction of sp³-hybridized carbons (Fsp3) is 0.500. The molecule has 1 amide bonds. The van der Waals surface area contributed by atoms with Gasteiger partial charge in [0.25, 0.3) is 0 Å². The molecule has 1 aliphatic rings. The quantitative estimate of drug-likeness (QED) is 0.833. The minimum Gasteiger partial charge on any atom is -0.351 e. The van der Waals surface area contributed by atoms with Crippen LogP contribution >= 0.6 is 50.5 Å². The van der Waals surface area contributed by atoms with Crippen LogP contribution in [0.3, 0.4) is 0 Å². The van der Waals surface area contributed by atoms with Crippen molar-refractivity contribution < 1.29 is 4.79 Å². The van der Waals surface area contributed by atoms with Crippen LogP contribution in [0.2, 0.25) is 0 Å². The van der Waals surface area contributed by atoms with Gasteiger partial charge >= 0.3 is 0 Å². The average molecular weight is 343 g/mol. The third-order valence-electron chi connectivity index (χ3n) is 2.83. The Labute approximate surface area is 116 Å². The van der Waals surface area contributed by atoms with E-state index in [0.29, 0.717) is 13.0 Å². The van der Waals surface area contributed by atoms with Crippen molar-refractivity contribution in [2.75, 3.05) is 0 Å². The summed E-state index contributed by atoms with van der Waals surface area (Å²) in [6.07, 6.45) is 0.516. The van der Waals surface area contributed by atoms with Gasteiger partial charge in [-0.1, -0.05) is 0 Å². The van der Waals surface area contributed by atoms with Crippen LogP contribution in [-0.4, -0.2) is 10.2 Å². The van der Waals surface area contributed by atoms with E-state index in [-0.39, 0.29) is 5.91 Å². The van der Waals surface area contributed by atoms with E-state index in [1.807, 2.05) is 11.4 Å². The molecule has 1 aromatic rings. The highest BCUT2D eigenvalue weighted by Crippen LogP contribution is 2.63. The first kappa shape index (κ1) is 12.7. The highest BCUT2D eigenvalue weighted by molar-refractivity contribution is 9.11.